The zero-order valence-corrected chi connectivity index (χ0v) is 21.6. The number of fused-ring (bicyclic) bond motifs is 1. The Morgan fingerprint density at radius 2 is 2.05 bits per heavy atom. The molecule has 1 amide bonds. The molecule has 212 valence electrons. The maximum Gasteiger partial charge on any atom is 0.407 e. The van der Waals surface area contributed by atoms with Gasteiger partial charge in [0.2, 0.25) is 5.95 Å². The molecule has 2 aliphatic carbocycles. The molecule has 0 radical (unpaired) electrons. The predicted octanol–water partition coefficient (Wildman–Crippen LogP) is 4.75. The van der Waals surface area contributed by atoms with Crippen molar-refractivity contribution in [2.24, 2.45) is 5.73 Å². The summed E-state index contributed by atoms with van der Waals surface area (Å²) in [4.78, 5) is 20.7. The number of hydrogen-bond acceptors (Lipinski definition) is 9. The van der Waals surface area contributed by atoms with Gasteiger partial charge in [-0.15, -0.1) is 5.10 Å². The van der Waals surface area contributed by atoms with Crippen LogP contribution in [0.15, 0.2) is 18.3 Å². The largest absolute Gasteiger partial charge is 0.453 e. The summed E-state index contributed by atoms with van der Waals surface area (Å²) >= 11 is 6.81. The first kappa shape index (κ1) is 28.7. The Labute approximate surface area is 229 Å². The second-order valence-corrected chi connectivity index (χ2v) is 9.85. The van der Waals surface area contributed by atoms with Crippen molar-refractivity contribution in [3.8, 4) is 0 Å². The van der Waals surface area contributed by atoms with Gasteiger partial charge < -0.3 is 31.2 Å². The molecule has 11 nitrogen and oxygen atoms in total. The SMILES string of the molecule is C.COC(=O)N[C@H]1CC(c2cc(C(F)F)cc(Nc3nc(NC4CC4)c4ncc(CN)n4n3)c2Cl)C[C@H]1OC. The summed E-state index contributed by atoms with van der Waals surface area (Å²) in [5.74, 6) is 0.419. The lowest BCUT2D eigenvalue weighted by Crippen LogP contribution is -2.40. The van der Waals surface area contributed by atoms with Gasteiger partial charge in [-0.1, -0.05) is 19.0 Å². The average molecular weight is 567 g/mol. The molecule has 2 aliphatic rings. The maximum atomic E-state index is 14.0. The number of halogens is 3. The highest BCUT2D eigenvalue weighted by Crippen LogP contribution is 2.44. The van der Waals surface area contributed by atoms with Gasteiger partial charge in [-0.05, 0) is 49.3 Å². The molecule has 2 saturated carbocycles. The fourth-order valence-electron chi connectivity index (χ4n) is 4.82. The number of hydrogen-bond donors (Lipinski definition) is 4. The van der Waals surface area contributed by atoms with E-state index in [1.165, 1.54) is 26.4 Å². The van der Waals surface area contributed by atoms with Crippen molar-refractivity contribution < 1.29 is 23.0 Å². The number of alkyl carbamates (subject to hydrolysis) is 1. The minimum Gasteiger partial charge on any atom is -0.453 e. The van der Waals surface area contributed by atoms with Crippen molar-refractivity contribution in [3.63, 3.8) is 0 Å². The number of nitrogens with zero attached hydrogens (tertiary/aromatic N) is 4. The van der Waals surface area contributed by atoms with Crippen molar-refractivity contribution in [3.05, 3.63) is 40.2 Å². The summed E-state index contributed by atoms with van der Waals surface area (Å²) in [6, 6.07) is 2.63. The van der Waals surface area contributed by atoms with Gasteiger partial charge in [0.25, 0.3) is 6.43 Å². The van der Waals surface area contributed by atoms with E-state index >= 15 is 0 Å². The number of carbonyl (C=O) groups excluding carboxylic acids is 1. The molecular weight excluding hydrogens is 534 g/mol. The standard InChI is InChI=1S/C24H29ClF2N8O3.CH4/c1-37-18-8-11(6-16(18)32-24(36)38-2)15-5-12(20(26)27)7-17(19(15)25)31-23-33-21(30-13-3-4-13)22-29-10-14(9-28)35(22)34-23;/h5,7,10-11,13,16,18,20H,3-4,6,8-9,28H2,1-2H3,(H,32,36)(H2,30,31,33,34);1H4/t11?,16-,18+;/m0./s1. The van der Waals surface area contributed by atoms with Crippen molar-refractivity contribution in [2.45, 2.75) is 70.2 Å². The van der Waals surface area contributed by atoms with Gasteiger partial charge in [0.15, 0.2) is 11.5 Å². The molecule has 0 spiro atoms. The van der Waals surface area contributed by atoms with Gasteiger partial charge in [-0.3, -0.25) is 0 Å². The molecule has 3 atom stereocenters. The second kappa shape index (κ2) is 11.8. The molecule has 0 saturated heterocycles. The Hall–Kier alpha value is -3.29. The number of nitrogens with one attached hydrogen (secondary N) is 3. The molecule has 2 heterocycles. The summed E-state index contributed by atoms with van der Waals surface area (Å²) in [5, 5.41) is 13.9. The van der Waals surface area contributed by atoms with E-state index in [4.69, 9.17) is 26.8 Å². The van der Waals surface area contributed by atoms with Crippen LogP contribution in [0, 0.1) is 0 Å². The van der Waals surface area contributed by atoms with Crippen LogP contribution in [-0.4, -0.2) is 58.1 Å². The zero-order chi connectivity index (χ0) is 27.0. The molecule has 39 heavy (non-hydrogen) atoms. The Balaban J connectivity index is 0.00000353. The van der Waals surface area contributed by atoms with Crippen LogP contribution in [0.5, 0.6) is 0 Å². The highest BCUT2D eigenvalue weighted by molar-refractivity contribution is 6.34. The van der Waals surface area contributed by atoms with E-state index in [0.717, 1.165) is 12.8 Å². The Morgan fingerprint density at radius 1 is 1.28 bits per heavy atom. The van der Waals surface area contributed by atoms with Crippen LogP contribution in [0.2, 0.25) is 5.02 Å². The maximum absolute atomic E-state index is 14.0. The topological polar surface area (TPSA) is 141 Å². The zero-order valence-electron chi connectivity index (χ0n) is 20.9. The van der Waals surface area contributed by atoms with E-state index in [1.807, 2.05) is 0 Å². The highest BCUT2D eigenvalue weighted by Gasteiger charge is 2.38. The number of rotatable bonds is 9. The van der Waals surface area contributed by atoms with Crippen LogP contribution >= 0.6 is 11.6 Å². The van der Waals surface area contributed by atoms with Crippen molar-refractivity contribution in [1.82, 2.24) is 24.9 Å². The number of benzene rings is 1. The molecule has 1 unspecified atom stereocenters. The number of anilines is 3. The first-order valence-electron chi connectivity index (χ1n) is 12.3. The van der Waals surface area contributed by atoms with Gasteiger partial charge in [0, 0.05) is 25.3 Å². The van der Waals surface area contributed by atoms with Crippen LogP contribution in [0.4, 0.5) is 31.0 Å². The predicted molar refractivity (Wildman–Crippen MR) is 144 cm³/mol. The lowest BCUT2D eigenvalue weighted by atomic mass is 9.94. The third-order valence-corrected chi connectivity index (χ3v) is 7.34. The van der Waals surface area contributed by atoms with E-state index in [1.54, 1.807) is 10.7 Å². The number of alkyl halides is 2. The molecule has 14 heteroatoms. The molecule has 0 aliphatic heterocycles. The molecule has 1 aromatic carbocycles. The van der Waals surface area contributed by atoms with Crippen LogP contribution in [0.3, 0.4) is 0 Å². The quantitative estimate of drug-likeness (QED) is 0.289. The number of imidazole rings is 1. The Kier molecular flexibility index (Phi) is 8.72. The van der Waals surface area contributed by atoms with Crippen LogP contribution in [-0.2, 0) is 16.0 Å². The molecule has 2 aromatic heterocycles. The normalized spacial score (nSPS) is 20.6. The third-order valence-electron chi connectivity index (χ3n) is 6.92. The number of carbonyl (C=O) groups is 1. The number of aromatic nitrogens is 4. The van der Waals surface area contributed by atoms with Crippen molar-refractivity contribution >= 4 is 40.8 Å². The first-order chi connectivity index (χ1) is 18.3. The van der Waals surface area contributed by atoms with Crippen molar-refractivity contribution in [1.29, 1.82) is 0 Å². The summed E-state index contributed by atoms with van der Waals surface area (Å²) in [6.45, 7) is 0.204. The fourth-order valence-corrected chi connectivity index (χ4v) is 5.13. The minimum atomic E-state index is -2.73. The lowest BCUT2D eigenvalue weighted by molar-refractivity contribution is 0.0808. The summed E-state index contributed by atoms with van der Waals surface area (Å²) in [7, 11) is 2.81. The lowest BCUT2D eigenvalue weighted by Gasteiger charge is -2.19. The molecule has 3 aromatic rings. The number of ether oxygens (including phenoxy) is 2. The van der Waals surface area contributed by atoms with Gasteiger partial charge >= 0.3 is 6.09 Å². The third kappa shape index (κ3) is 5.99. The monoisotopic (exact) mass is 566 g/mol. The van der Waals surface area contributed by atoms with E-state index < -0.39 is 12.5 Å². The van der Waals surface area contributed by atoms with E-state index in [-0.39, 0.29) is 54.3 Å². The highest BCUT2D eigenvalue weighted by atomic mass is 35.5. The van der Waals surface area contributed by atoms with Gasteiger partial charge in [0.1, 0.15) is 0 Å². The average Bonchev–Trinajstić information content (AvgIpc) is 3.47. The summed E-state index contributed by atoms with van der Waals surface area (Å²) in [5.41, 5.74) is 7.60. The summed E-state index contributed by atoms with van der Waals surface area (Å²) < 4.78 is 39.8. The van der Waals surface area contributed by atoms with E-state index in [0.29, 0.717) is 41.6 Å². The molecule has 0 bridgehead atoms. The Morgan fingerprint density at radius 3 is 2.69 bits per heavy atom. The summed E-state index contributed by atoms with van der Waals surface area (Å²) in [6.07, 6.45) is 0.917. The molecule has 5 N–H and O–H groups in total. The van der Waals surface area contributed by atoms with Gasteiger partial charge in [0.05, 0.1) is 41.9 Å². The fraction of sp³-hybridized carbons (Fsp3) is 0.520. The van der Waals surface area contributed by atoms with E-state index in [2.05, 4.69) is 31.0 Å². The minimum absolute atomic E-state index is 0. The number of amides is 1. The van der Waals surface area contributed by atoms with Gasteiger partial charge in [-0.25, -0.2) is 23.1 Å². The number of methoxy groups -OCH3 is 2. The first-order valence-corrected chi connectivity index (χ1v) is 12.7. The second-order valence-electron chi connectivity index (χ2n) is 9.47. The molecular formula is C25H33ClF2N8O3. The smallest absolute Gasteiger partial charge is 0.407 e. The molecule has 5 rings (SSSR count). The van der Waals surface area contributed by atoms with Crippen molar-refractivity contribution in [2.75, 3.05) is 24.9 Å². The van der Waals surface area contributed by atoms with Crippen LogP contribution < -0.4 is 21.7 Å². The molecule has 2 fully saturated rings. The van der Waals surface area contributed by atoms with Crippen LogP contribution in [0.25, 0.3) is 5.65 Å². The van der Waals surface area contributed by atoms with Gasteiger partial charge in [-0.2, -0.15) is 4.98 Å². The number of nitrogens with two attached hydrogens (primary N) is 1. The van der Waals surface area contributed by atoms with E-state index in [9.17, 15) is 13.6 Å². The Bertz CT molecular complexity index is 1340. The van der Waals surface area contributed by atoms with Crippen LogP contribution in [0.1, 0.15) is 62.3 Å².